The van der Waals surface area contributed by atoms with E-state index in [0.29, 0.717) is 0 Å². The van der Waals surface area contributed by atoms with E-state index < -0.39 is 0 Å². The van der Waals surface area contributed by atoms with Crippen LogP contribution < -0.4 is 0 Å². The van der Waals surface area contributed by atoms with E-state index in [-0.39, 0.29) is 0 Å². The highest BCUT2D eigenvalue weighted by Crippen LogP contribution is 2.25. The Morgan fingerprint density at radius 3 is 2.60 bits per heavy atom. The van der Waals surface area contributed by atoms with E-state index in [0.717, 1.165) is 12.6 Å². The predicted molar refractivity (Wildman–Crippen MR) is 90.6 cm³/mol. The fraction of sp³-hybridized carbons (Fsp3) is 0.750. The van der Waals surface area contributed by atoms with Crippen molar-refractivity contribution in [3.05, 3.63) is 21.9 Å². The number of thiophene rings is 1. The molecule has 0 spiro atoms. The van der Waals surface area contributed by atoms with Gasteiger partial charge in [0.15, 0.2) is 0 Å². The monoisotopic (exact) mass is 310 g/mol. The first-order valence-corrected chi connectivity index (χ1v) is 9.86. The zero-order chi connectivity index (χ0) is 13.8. The summed E-state index contributed by atoms with van der Waals surface area (Å²) in [5.41, 5.74) is 0. The largest absolute Gasteiger partial charge is 0.298 e. The molecule has 112 valence electrons. The predicted octanol–water partition coefficient (Wildman–Crippen LogP) is 3.67. The normalized spacial score (nSPS) is 21.9. The van der Waals surface area contributed by atoms with Gasteiger partial charge in [-0.2, -0.15) is 11.8 Å². The van der Waals surface area contributed by atoms with Crippen molar-refractivity contribution in [1.29, 1.82) is 0 Å². The summed E-state index contributed by atoms with van der Waals surface area (Å²) in [6, 6.07) is 5.51. The molecule has 0 unspecified atom stereocenters. The van der Waals surface area contributed by atoms with Crippen LogP contribution in [0.15, 0.2) is 12.1 Å². The van der Waals surface area contributed by atoms with Crippen LogP contribution in [0.2, 0.25) is 0 Å². The molecule has 2 fully saturated rings. The molecule has 0 radical (unpaired) electrons. The van der Waals surface area contributed by atoms with E-state index in [9.17, 15) is 0 Å². The molecule has 0 saturated carbocycles. The summed E-state index contributed by atoms with van der Waals surface area (Å²) in [5.74, 6) is 2.69. The third-order valence-corrected chi connectivity index (χ3v) is 6.62. The Hall–Kier alpha value is -0.0300. The maximum atomic E-state index is 2.59. The van der Waals surface area contributed by atoms with Gasteiger partial charge in [0.05, 0.1) is 0 Å². The van der Waals surface area contributed by atoms with Gasteiger partial charge in [-0.05, 0) is 69.5 Å². The van der Waals surface area contributed by atoms with Crippen molar-refractivity contribution in [2.75, 3.05) is 31.6 Å². The van der Waals surface area contributed by atoms with E-state index in [2.05, 4.69) is 40.7 Å². The molecule has 2 aliphatic rings. The molecule has 0 aromatic carbocycles. The van der Waals surface area contributed by atoms with Crippen molar-refractivity contribution in [2.24, 2.45) is 0 Å². The topological polar surface area (TPSA) is 6.48 Å². The molecule has 0 amide bonds. The van der Waals surface area contributed by atoms with Crippen molar-refractivity contribution in [3.63, 3.8) is 0 Å². The average Bonchev–Trinajstić information content (AvgIpc) is 3.12. The fourth-order valence-corrected chi connectivity index (χ4v) is 5.46. The molecule has 0 aliphatic carbocycles. The Labute approximate surface area is 131 Å². The number of likely N-dealkylation sites (tertiary alicyclic amines) is 1. The van der Waals surface area contributed by atoms with Gasteiger partial charge in [0.1, 0.15) is 0 Å². The van der Waals surface area contributed by atoms with Crippen LogP contribution in [0.5, 0.6) is 0 Å². The van der Waals surface area contributed by atoms with Crippen LogP contribution in [0, 0.1) is 0 Å². The maximum absolute atomic E-state index is 2.59. The molecule has 20 heavy (non-hydrogen) atoms. The first-order valence-electron chi connectivity index (χ1n) is 7.89. The van der Waals surface area contributed by atoms with Gasteiger partial charge in [0.2, 0.25) is 0 Å². The van der Waals surface area contributed by atoms with E-state index >= 15 is 0 Å². The minimum absolute atomic E-state index is 0.806. The highest BCUT2D eigenvalue weighted by Gasteiger charge is 2.19. The minimum Gasteiger partial charge on any atom is -0.298 e. The highest BCUT2D eigenvalue weighted by atomic mass is 32.2. The quantitative estimate of drug-likeness (QED) is 0.819. The molecule has 0 atom stereocenters. The van der Waals surface area contributed by atoms with Gasteiger partial charge in [-0.3, -0.25) is 9.80 Å². The second-order valence-corrected chi connectivity index (χ2v) is 8.59. The Morgan fingerprint density at radius 1 is 1.15 bits per heavy atom. The maximum Gasteiger partial charge on any atom is 0.0328 e. The Balaban J connectivity index is 1.50. The SMILES string of the molecule is CN(Cc1ccc(CN2CCCC2)s1)C1CCSCC1. The van der Waals surface area contributed by atoms with Crippen LogP contribution in [0.4, 0.5) is 0 Å². The Kier molecular flexibility index (Phi) is 5.43. The lowest BCUT2D eigenvalue weighted by Gasteiger charge is -2.30. The minimum atomic E-state index is 0.806. The van der Waals surface area contributed by atoms with Gasteiger partial charge in [-0.1, -0.05) is 0 Å². The zero-order valence-electron chi connectivity index (χ0n) is 12.5. The van der Waals surface area contributed by atoms with Crippen molar-refractivity contribution >= 4 is 23.1 Å². The van der Waals surface area contributed by atoms with E-state index in [4.69, 9.17) is 0 Å². The lowest BCUT2D eigenvalue weighted by molar-refractivity contribution is 0.223. The summed E-state index contributed by atoms with van der Waals surface area (Å²) < 4.78 is 0. The third-order valence-electron chi connectivity index (χ3n) is 4.51. The van der Waals surface area contributed by atoms with E-state index in [1.165, 1.54) is 56.8 Å². The Bertz CT molecular complexity index is 406. The third kappa shape index (κ3) is 4.00. The molecule has 3 rings (SSSR count). The first kappa shape index (κ1) is 14.9. The zero-order valence-corrected chi connectivity index (χ0v) is 14.1. The second kappa shape index (κ2) is 7.30. The van der Waals surface area contributed by atoms with Gasteiger partial charge in [-0.15, -0.1) is 11.3 Å². The lowest BCUT2D eigenvalue weighted by atomic mass is 10.1. The van der Waals surface area contributed by atoms with Crippen LogP contribution >= 0.6 is 23.1 Å². The van der Waals surface area contributed by atoms with Gasteiger partial charge < -0.3 is 0 Å². The van der Waals surface area contributed by atoms with Crippen molar-refractivity contribution < 1.29 is 0 Å². The molecule has 1 aromatic rings. The van der Waals surface area contributed by atoms with Crippen LogP contribution in [-0.2, 0) is 13.1 Å². The molecule has 2 aliphatic heterocycles. The standard InChI is InChI=1S/C16H26N2S2/c1-17(14-6-10-19-11-7-14)12-15-4-5-16(20-15)13-18-8-2-3-9-18/h4-5,14H,2-3,6-13H2,1H3. The first-order chi connectivity index (χ1) is 9.81. The number of thioether (sulfide) groups is 1. The smallest absolute Gasteiger partial charge is 0.0328 e. The molecule has 3 heterocycles. The molecule has 1 aromatic heterocycles. The molecule has 0 bridgehead atoms. The van der Waals surface area contributed by atoms with Crippen LogP contribution in [0.3, 0.4) is 0 Å². The second-order valence-electron chi connectivity index (χ2n) is 6.11. The molecule has 4 heteroatoms. The number of hydrogen-bond acceptors (Lipinski definition) is 4. The van der Waals surface area contributed by atoms with Gasteiger partial charge in [-0.25, -0.2) is 0 Å². The molecule has 2 saturated heterocycles. The lowest BCUT2D eigenvalue weighted by Crippen LogP contribution is -2.33. The number of hydrogen-bond donors (Lipinski definition) is 0. The fourth-order valence-electron chi connectivity index (χ4n) is 3.25. The van der Waals surface area contributed by atoms with E-state index in [1.54, 1.807) is 9.75 Å². The summed E-state index contributed by atoms with van der Waals surface area (Å²) in [4.78, 5) is 8.26. The van der Waals surface area contributed by atoms with Crippen molar-refractivity contribution in [2.45, 2.75) is 44.8 Å². The summed E-state index contributed by atoms with van der Waals surface area (Å²) in [6.07, 6.45) is 5.52. The van der Waals surface area contributed by atoms with Crippen LogP contribution in [-0.4, -0.2) is 47.5 Å². The summed E-state index contributed by atoms with van der Waals surface area (Å²) in [5, 5.41) is 0. The molecular formula is C16H26N2S2. The summed E-state index contributed by atoms with van der Waals surface area (Å²) in [7, 11) is 2.31. The molecule has 2 nitrogen and oxygen atoms in total. The van der Waals surface area contributed by atoms with E-state index in [1.807, 2.05) is 11.3 Å². The van der Waals surface area contributed by atoms with Gasteiger partial charge in [0, 0.05) is 28.9 Å². The average molecular weight is 311 g/mol. The molecular weight excluding hydrogens is 284 g/mol. The Morgan fingerprint density at radius 2 is 1.85 bits per heavy atom. The summed E-state index contributed by atoms with van der Waals surface area (Å²) >= 11 is 4.14. The summed E-state index contributed by atoms with van der Waals surface area (Å²) in [6.45, 7) is 4.91. The highest BCUT2D eigenvalue weighted by molar-refractivity contribution is 7.99. The van der Waals surface area contributed by atoms with Crippen molar-refractivity contribution in [1.82, 2.24) is 9.80 Å². The molecule has 0 N–H and O–H groups in total. The van der Waals surface area contributed by atoms with Crippen molar-refractivity contribution in [3.8, 4) is 0 Å². The van der Waals surface area contributed by atoms with Crippen LogP contribution in [0.25, 0.3) is 0 Å². The van der Waals surface area contributed by atoms with Gasteiger partial charge >= 0.3 is 0 Å². The van der Waals surface area contributed by atoms with Gasteiger partial charge in [0.25, 0.3) is 0 Å². The number of nitrogens with zero attached hydrogens (tertiary/aromatic N) is 2. The number of rotatable bonds is 5. The van der Waals surface area contributed by atoms with Crippen LogP contribution in [0.1, 0.15) is 35.4 Å².